The highest BCUT2D eigenvalue weighted by atomic mass is 79.9. The van der Waals surface area contributed by atoms with Crippen LogP contribution in [0.2, 0.25) is 0 Å². The second kappa shape index (κ2) is 5.61. The number of hydrogen-bond donors (Lipinski definition) is 0. The summed E-state index contributed by atoms with van der Waals surface area (Å²) >= 11 is 6.81. The normalized spacial score (nSPS) is 10.0. The van der Waals surface area contributed by atoms with Crippen molar-refractivity contribution in [1.82, 2.24) is 0 Å². The van der Waals surface area contributed by atoms with E-state index in [-0.39, 0.29) is 0 Å². The van der Waals surface area contributed by atoms with Crippen molar-refractivity contribution in [3.63, 3.8) is 0 Å². The molecular weight excluding hydrogens is 292 g/mol. The van der Waals surface area contributed by atoms with Crippen LogP contribution in [0.5, 0.6) is 0 Å². The Labute approximate surface area is 96.3 Å². The van der Waals surface area contributed by atoms with Gasteiger partial charge in [-0.2, -0.15) is 0 Å². The van der Waals surface area contributed by atoms with Gasteiger partial charge in [-0.3, -0.25) is 0 Å². The van der Waals surface area contributed by atoms with Crippen molar-refractivity contribution in [1.29, 1.82) is 0 Å². The number of halogens is 2. The molecule has 0 aliphatic heterocycles. The summed E-state index contributed by atoms with van der Waals surface area (Å²) in [6, 6.07) is 8.44. The number of rotatable bonds is 4. The molecular formula is C11H12Br2. The molecule has 0 spiro atoms. The van der Waals surface area contributed by atoms with E-state index in [0.717, 1.165) is 28.2 Å². The van der Waals surface area contributed by atoms with Gasteiger partial charge >= 0.3 is 0 Å². The van der Waals surface area contributed by atoms with Crippen LogP contribution >= 0.6 is 31.9 Å². The Morgan fingerprint density at radius 1 is 1.38 bits per heavy atom. The topological polar surface area (TPSA) is 0 Å². The zero-order chi connectivity index (χ0) is 9.68. The van der Waals surface area contributed by atoms with Crippen molar-refractivity contribution >= 4 is 31.9 Å². The second-order valence-corrected chi connectivity index (χ2v) is 5.04. The summed E-state index contributed by atoms with van der Waals surface area (Å²) in [5.41, 5.74) is 1.38. The van der Waals surface area contributed by atoms with Crippen LogP contribution < -0.4 is 0 Å². The molecule has 0 bridgehead atoms. The van der Waals surface area contributed by atoms with E-state index in [0.29, 0.717) is 0 Å². The molecule has 0 fully saturated rings. The highest BCUT2D eigenvalue weighted by molar-refractivity contribution is 9.11. The molecule has 1 aromatic rings. The summed E-state index contributed by atoms with van der Waals surface area (Å²) in [5.74, 6) is 0. The first-order chi connectivity index (χ1) is 6.18. The third-order valence-corrected chi connectivity index (χ3v) is 2.69. The highest BCUT2D eigenvalue weighted by Crippen LogP contribution is 2.16. The van der Waals surface area contributed by atoms with E-state index in [1.165, 1.54) is 5.56 Å². The number of aryl methyl sites for hydroxylation is 1. The van der Waals surface area contributed by atoms with E-state index in [1.54, 1.807) is 0 Å². The number of benzene rings is 1. The Balaban J connectivity index is 2.41. The Morgan fingerprint density at radius 2 is 2.15 bits per heavy atom. The summed E-state index contributed by atoms with van der Waals surface area (Å²) in [4.78, 5) is 0. The summed E-state index contributed by atoms with van der Waals surface area (Å²) < 4.78 is 2.24. The Hall–Kier alpha value is -0.0800. The summed E-state index contributed by atoms with van der Waals surface area (Å²) in [5, 5.41) is 0. The fourth-order valence-electron chi connectivity index (χ4n) is 1.18. The average molecular weight is 304 g/mol. The largest absolute Gasteiger partial charge is 0.0889 e. The Bertz CT molecular complexity index is 292. The maximum absolute atomic E-state index is 3.81. The average Bonchev–Trinajstić information content (AvgIpc) is 2.03. The highest BCUT2D eigenvalue weighted by Gasteiger charge is 1.94. The lowest BCUT2D eigenvalue weighted by molar-refractivity contribution is 0.839. The van der Waals surface area contributed by atoms with Gasteiger partial charge in [0.25, 0.3) is 0 Å². The molecule has 0 atom stereocenters. The molecule has 1 rings (SSSR count). The number of allylic oxidation sites excluding steroid dienone is 1. The first-order valence-corrected chi connectivity index (χ1v) is 5.85. The van der Waals surface area contributed by atoms with Crippen molar-refractivity contribution in [2.24, 2.45) is 0 Å². The van der Waals surface area contributed by atoms with E-state index < -0.39 is 0 Å². The lowest BCUT2D eigenvalue weighted by Gasteiger charge is -2.01. The summed E-state index contributed by atoms with van der Waals surface area (Å²) in [7, 11) is 0. The third kappa shape index (κ3) is 4.63. The van der Waals surface area contributed by atoms with Crippen molar-refractivity contribution in [2.75, 3.05) is 0 Å². The van der Waals surface area contributed by atoms with Crippen molar-refractivity contribution in [3.05, 3.63) is 45.4 Å². The van der Waals surface area contributed by atoms with Crippen molar-refractivity contribution in [2.45, 2.75) is 19.3 Å². The molecule has 0 saturated heterocycles. The van der Waals surface area contributed by atoms with Gasteiger partial charge in [-0.05, 0) is 41.4 Å². The van der Waals surface area contributed by atoms with Gasteiger partial charge in [-0.15, -0.1) is 0 Å². The molecule has 1 aromatic carbocycles. The van der Waals surface area contributed by atoms with Gasteiger partial charge in [0.2, 0.25) is 0 Å². The zero-order valence-electron chi connectivity index (χ0n) is 7.39. The van der Waals surface area contributed by atoms with Crippen molar-refractivity contribution in [3.8, 4) is 0 Å². The minimum absolute atomic E-state index is 1.05. The van der Waals surface area contributed by atoms with Gasteiger partial charge in [0.1, 0.15) is 0 Å². The van der Waals surface area contributed by atoms with E-state index in [1.807, 2.05) is 6.07 Å². The standard InChI is InChI=1S/C11H12Br2/c1-9(12)4-2-5-10-6-3-7-11(13)8-10/h3,6-8H,1-2,4-5H2. The van der Waals surface area contributed by atoms with Gasteiger partial charge in [-0.25, -0.2) is 0 Å². The third-order valence-electron chi connectivity index (χ3n) is 1.80. The molecule has 0 heterocycles. The van der Waals surface area contributed by atoms with Crippen LogP contribution in [0, 0.1) is 0 Å². The predicted molar refractivity (Wildman–Crippen MR) is 65.1 cm³/mol. The molecule has 0 N–H and O–H groups in total. The van der Waals surface area contributed by atoms with E-state index in [9.17, 15) is 0 Å². The molecule has 13 heavy (non-hydrogen) atoms. The lowest BCUT2D eigenvalue weighted by Crippen LogP contribution is -1.84. The van der Waals surface area contributed by atoms with Gasteiger partial charge in [0.05, 0.1) is 0 Å². The van der Waals surface area contributed by atoms with Crippen LogP contribution in [0.15, 0.2) is 39.8 Å². The molecule has 0 amide bonds. The van der Waals surface area contributed by atoms with Crippen LogP contribution in [0.4, 0.5) is 0 Å². The fourth-order valence-corrected chi connectivity index (χ4v) is 1.90. The van der Waals surface area contributed by atoms with Crippen molar-refractivity contribution < 1.29 is 0 Å². The quantitative estimate of drug-likeness (QED) is 0.757. The molecule has 0 aliphatic carbocycles. The zero-order valence-corrected chi connectivity index (χ0v) is 10.6. The SMILES string of the molecule is C=C(Br)CCCc1cccc(Br)c1. The maximum atomic E-state index is 3.81. The maximum Gasteiger partial charge on any atom is 0.0177 e. The van der Waals surface area contributed by atoms with Gasteiger partial charge in [-0.1, -0.05) is 50.6 Å². The molecule has 0 aliphatic rings. The molecule has 0 nitrogen and oxygen atoms in total. The van der Waals surface area contributed by atoms with Crippen LogP contribution in [0.1, 0.15) is 18.4 Å². The van der Waals surface area contributed by atoms with Gasteiger partial charge in [0.15, 0.2) is 0 Å². The minimum atomic E-state index is 1.05. The summed E-state index contributed by atoms with van der Waals surface area (Å²) in [6.45, 7) is 3.81. The molecule has 0 aromatic heterocycles. The Morgan fingerprint density at radius 3 is 2.77 bits per heavy atom. The van der Waals surface area contributed by atoms with Gasteiger partial charge < -0.3 is 0 Å². The first-order valence-electron chi connectivity index (χ1n) is 4.26. The molecule has 0 saturated carbocycles. The number of hydrogen-bond acceptors (Lipinski definition) is 0. The monoisotopic (exact) mass is 302 g/mol. The molecule has 0 unspecified atom stereocenters. The lowest BCUT2D eigenvalue weighted by atomic mass is 10.1. The fraction of sp³-hybridized carbons (Fsp3) is 0.273. The first kappa shape index (κ1) is 11.0. The molecule has 70 valence electrons. The van der Waals surface area contributed by atoms with Crippen LogP contribution in [0.25, 0.3) is 0 Å². The predicted octanol–water partition coefficient (Wildman–Crippen LogP) is 4.68. The minimum Gasteiger partial charge on any atom is -0.0889 e. The van der Waals surface area contributed by atoms with E-state index in [2.05, 4.69) is 56.6 Å². The summed E-state index contributed by atoms with van der Waals surface area (Å²) in [6.07, 6.45) is 3.32. The van der Waals surface area contributed by atoms with Crippen LogP contribution in [-0.4, -0.2) is 0 Å². The van der Waals surface area contributed by atoms with E-state index in [4.69, 9.17) is 0 Å². The van der Waals surface area contributed by atoms with Gasteiger partial charge in [0, 0.05) is 4.47 Å². The molecule has 0 radical (unpaired) electrons. The Kier molecular flexibility index (Phi) is 4.74. The van der Waals surface area contributed by atoms with Crippen LogP contribution in [-0.2, 0) is 6.42 Å². The molecule has 2 heteroatoms. The second-order valence-electron chi connectivity index (χ2n) is 3.00. The van der Waals surface area contributed by atoms with E-state index >= 15 is 0 Å². The smallest absolute Gasteiger partial charge is 0.0177 e. The van der Waals surface area contributed by atoms with Crippen LogP contribution in [0.3, 0.4) is 0 Å².